The van der Waals surface area contributed by atoms with E-state index in [1.807, 2.05) is 0 Å². The molecule has 1 heterocycles. The van der Waals surface area contributed by atoms with Crippen LogP contribution in [0.1, 0.15) is 46.0 Å². The van der Waals surface area contributed by atoms with Crippen LogP contribution in [0.5, 0.6) is 0 Å². The Morgan fingerprint density at radius 1 is 1.40 bits per heavy atom. The van der Waals surface area contributed by atoms with Gasteiger partial charge in [0.05, 0.1) is 0 Å². The van der Waals surface area contributed by atoms with Crippen molar-refractivity contribution < 1.29 is 0 Å². The smallest absolute Gasteiger partial charge is 0.00723 e. The highest BCUT2D eigenvalue weighted by atomic mass is 79.9. The van der Waals surface area contributed by atoms with Gasteiger partial charge in [0.2, 0.25) is 0 Å². The first-order valence-corrected chi connectivity index (χ1v) is 7.70. The van der Waals surface area contributed by atoms with Crippen LogP contribution in [0.25, 0.3) is 0 Å². The highest BCUT2D eigenvalue weighted by molar-refractivity contribution is 9.09. The molecule has 1 aliphatic rings. The van der Waals surface area contributed by atoms with Crippen LogP contribution in [-0.4, -0.2) is 29.9 Å². The van der Waals surface area contributed by atoms with Crippen LogP contribution < -0.4 is 0 Å². The van der Waals surface area contributed by atoms with E-state index in [1.165, 1.54) is 57.1 Å². The van der Waals surface area contributed by atoms with E-state index in [2.05, 4.69) is 34.7 Å². The molecule has 1 saturated heterocycles. The summed E-state index contributed by atoms with van der Waals surface area (Å²) in [5.74, 6) is 1.85. The number of rotatable bonds is 7. The minimum atomic E-state index is 0.911. The fourth-order valence-corrected chi connectivity index (χ4v) is 3.02. The Labute approximate surface area is 104 Å². The van der Waals surface area contributed by atoms with Gasteiger partial charge in [-0.1, -0.05) is 49.0 Å². The number of halogens is 1. The summed E-state index contributed by atoms with van der Waals surface area (Å²) < 4.78 is 0. The second-order valence-electron chi connectivity index (χ2n) is 4.99. The van der Waals surface area contributed by atoms with Crippen molar-refractivity contribution in [1.82, 2.24) is 4.90 Å². The molecule has 1 fully saturated rings. The zero-order valence-corrected chi connectivity index (χ0v) is 11.9. The Balaban J connectivity index is 2.20. The monoisotopic (exact) mass is 275 g/mol. The van der Waals surface area contributed by atoms with Crippen LogP contribution in [0.15, 0.2) is 0 Å². The minimum Gasteiger partial charge on any atom is -0.303 e. The van der Waals surface area contributed by atoms with Gasteiger partial charge in [0.15, 0.2) is 0 Å². The van der Waals surface area contributed by atoms with E-state index in [1.54, 1.807) is 0 Å². The molecule has 90 valence electrons. The molecule has 0 spiro atoms. The molecule has 0 radical (unpaired) electrons. The molecule has 2 atom stereocenters. The summed E-state index contributed by atoms with van der Waals surface area (Å²) in [7, 11) is 0. The number of alkyl halides is 1. The number of likely N-dealkylation sites (tertiary alicyclic amines) is 1. The van der Waals surface area contributed by atoms with Crippen molar-refractivity contribution >= 4 is 15.9 Å². The topological polar surface area (TPSA) is 3.24 Å². The normalized spacial score (nSPS) is 24.6. The summed E-state index contributed by atoms with van der Waals surface area (Å²) in [5.41, 5.74) is 0. The maximum atomic E-state index is 3.60. The molecule has 0 aromatic carbocycles. The van der Waals surface area contributed by atoms with Gasteiger partial charge in [-0.05, 0) is 31.2 Å². The van der Waals surface area contributed by atoms with Gasteiger partial charge in [0.25, 0.3) is 0 Å². The van der Waals surface area contributed by atoms with Crippen molar-refractivity contribution in [2.75, 3.05) is 25.0 Å². The van der Waals surface area contributed by atoms with E-state index in [0.29, 0.717) is 0 Å². The quantitative estimate of drug-likeness (QED) is 0.637. The van der Waals surface area contributed by atoms with E-state index in [-0.39, 0.29) is 0 Å². The van der Waals surface area contributed by atoms with Crippen molar-refractivity contribution in [2.45, 2.75) is 46.0 Å². The summed E-state index contributed by atoms with van der Waals surface area (Å²) in [6, 6.07) is 0. The number of unbranched alkanes of at least 4 members (excludes halogenated alkanes) is 1. The molecule has 0 saturated carbocycles. The first-order chi connectivity index (χ1) is 7.30. The zero-order valence-electron chi connectivity index (χ0n) is 10.3. The SMILES string of the molecule is CCCCC(CC)CN1CCC(CBr)C1. The van der Waals surface area contributed by atoms with E-state index < -0.39 is 0 Å². The van der Waals surface area contributed by atoms with E-state index in [4.69, 9.17) is 0 Å². The van der Waals surface area contributed by atoms with Crippen LogP contribution in [0.3, 0.4) is 0 Å². The Kier molecular flexibility index (Phi) is 6.91. The largest absolute Gasteiger partial charge is 0.303 e. The third-order valence-electron chi connectivity index (χ3n) is 3.65. The fourth-order valence-electron chi connectivity index (χ4n) is 2.49. The van der Waals surface area contributed by atoms with Gasteiger partial charge >= 0.3 is 0 Å². The van der Waals surface area contributed by atoms with Gasteiger partial charge in [0, 0.05) is 18.4 Å². The van der Waals surface area contributed by atoms with Gasteiger partial charge in [-0.3, -0.25) is 0 Å². The highest BCUT2D eigenvalue weighted by Gasteiger charge is 2.22. The zero-order chi connectivity index (χ0) is 11.1. The average molecular weight is 276 g/mol. The molecule has 15 heavy (non-hydrogen) atoms. The van der Waals surface area contributed by atoms with Crippen LogP contribution in [0, 0.1) is 11.8 Å². The van der Waals surface area contributed by atoms with E-state index >= 15 is 0 Å². The lowest BCUT2D eigenvalue weighted by atomic mass is 9.99. The van der Waals surface area contributed by atoms with Crippen molar-refractivity contribution in [1.29, 1.82) is 0 Å². The number of hydrogen-bond donors (Lipinski definition) is 0. The summed E-state index contributed by atoms with van der Waals surface area (Å²) >= 11 is 3.60. The number of nitrogens with zero attached hydrogens (tertiary/aromatic N) is 1. The molecule has 0 N–H and O–H groups in total. The van der Waals surface area contributed by atoms with Crippen molar-refractivity contribution in [3.63, 3.8) is 0 Å². The number of hydrogen-bond acceptors (Lipinski definition) is 1. The summed E-state index contributed by atoms with van der Waals surface area (Å²) in [6.45, 7) is 8.65. The van der Waals surface area contributed by atoms with Crippen LogP contribution in [0.2, 0.25) is 0 Å². The Bertz CT molecular complexity index is 161. The molecule has 1 aliphatic heterocycles. The van der Waals surface area contributed by atoms with Gasteiger partial charge in [-0.15, -0.1) is 0 Å². The molecule has 0 aromatic rings. The second-order valence-corrected chi connectivity index (χ2v) is 5.63. The van der Waals surface area contributed by atoms with Gasteiger partial charge in [-0.2, -0.15) is 0 Å². The molecule has 1 rings (SSSR count). The van der Waals surface area contributed by atoms with Crippen molar-refractivity contribution in [3.8, 4) is 0 Å². The molecular formula is C13H26BrN. The predicted molar refractivity (Wildman–Crippen MR) is 71.6 cm³/mol. The summed E-state index contributed by atoms with van der Waals surface area (Å²) in [5, 5.41) is 1.19. The summed E-state index contributed by atoms with van der Waals surface area (Å²) in [6.07, 6.45) is 6.95. The second kappa shape index (κ2) is 7.67. The first kappa shape index (κ1) is 13.5. The molecule has 1 nitrogen and oxygen atoms in total. The molecule has 0 bridgehead atoms. The lowest BCUT2D eigenvalue weighted by Gasteiger charge is -2.22. The van der Waals surface area contributed by atoms with Gasteiger partial charge in [-0.25, -0.2) is 0 Å². The van der Waals surface area contributed by atoms with Crippen LogP contribution in [-0.2, 0) is 0 Å². The van der Waals surface area contributed by atoms with Crippen LogP contribution >= 0.6 is 15.9 Å². The lowest BCUT2D eigenvalue weighted by Crippen LogP contribution is -2.27. The standard InChI is InChI=1S/C13H26BrN/c1-3-5-6-12(4-2)10-15-8-7-13(9-14)11-15/h12-13H,3-11H2,1-2H3. The van der Waals surface area contributed by atoms with Gasteiger partial charge in [0.1, 0.15) is 0 Å². The maximum Gasteiger partial charge on any atom is 0.00723 e. The average Bonchev–Trinajstić information content (AvgIpc) is 2.71. The fraction of sp³-hybridized carbons (Fsp3) is 1.00. The predicted octanol–water partition coefficient (Wildman–Crippen LogP) is 3.92. The Morgan fingerprint density at radius 2 is 2.20 bits per heavy atom. The third-order valence-corrected chi connectivity index (χ3v) is 4.56. The van der Waals surface area contributed by atoms with E-state index in [9.17, 15) is 0 Å². The highest BCUT2D eigenvalue weighted by Crippen LogP contribution is 2.21. The molecule has 2 heteroatoms. The Morgan fingerprint density at radius 3 is 2.73 bits per heavy atom. The van der Waals surface area contributed by atoms with Crippen molar-refractivity contribution in [3.05, 3.63) is 0 Å². The van der Waals surface area contributed by atoms with E-state index in [0.717, 1.165) is 11.8 Å². The van der Waals surface area contributed by atoms with Gasteiger partial charge < -0.3 is 4.90 Å². The van der Waals surface area contributed by atoms with Crippen molar-refractivity contribution in [2.24, 2.45) is 11.8 Å². The summed E-state index contributed by atoms with van der Waals surface area (Å²) in [4.78, 5) is 2.68. The third kappa shape index (κ3) is 4.86. The first-order valence-electron chi connectivity index (χ1n) is 6.58. The Hall–Kier alpha value is 0.440. The maximum absolute atomic E-state index is 3.60. The molecular weight excluding hydrogens is 250 g/mol. The molecule has 0 amide bonds. The lowest BCUT2D eigenvalue weighted by molar-refractivity contribution is 0.255. The molecule has 0 aromatic heterocycles. The van der Waals surface area contributed by atoms with Crippen LogP contribution in [0.4, 0.5) is 0 Å². The molecule has 2 unspecified atom stereocenters. The molecule has 0 aliphatic carbocycles. The minimum absolute atomic E-state index is 0.911.